The molecule has 0 radical (unpaired) electrons. The van der Waals surface area contributed by atoms with Crippen molar-refractivity contribution in [1.29, 1.82) is 0 Å². The number of nitrogens with one attached hydrogen (secondary N) is 1. The number of imide groups is 1. The van der Waals surface area contributed by atoms with Gasteiger partial charge in [0.25, 0.3) is 5.91 Å². The van der Waals surface area contributed by atoms with Gasteiger partial charge >= 0.3 is 6.03 Å². The zero-order valence-corrected chi connectivity index (χ0v) is 21.9. The van der Waals surface area contributed by atoms with Gasteiger partial charge in [-0.1, -0.05) is 23.2 Å². The summed E-state index contributed by atoms with van der Waals surface area (Å²) in [4.78, 5) is 29.1. The lowest BCUT2D eigenvalue weighted by atomic mass is 9.97. The Balaban J connectivity index is 1.38. The summed E-state index contributed by atoms with van der Waals surface area (Å²) >= 11 is 12.7. The first-order chi connectivity index (χ1) is 17.1. The molecule has 0 unspecified atom stereocenters. The highest BCUT2D eigenvalue weighted by molar-refractivity contribution is 6.34. The summed E-state index contributed by atoms with van der Waals surface area (Å²) in [6, 6.07) is 8.32. The molecule has 8 nitrogen and oxygen atoms in total. The SMILES string of the molecule is CNc1ccc(N2C(=O)N(CCCOC3=C(Cl)C=C(c4cc[n+](O)cc4)CC3)C(C)(C)C2=O)cc1Cl. The minimum atomic E-state index is -0.993. The van der Waals surface area contributed by atoms with Gasteiger partial charge in [-0.25, -0.2) is 9.69 Å². The molecule has 3 amide bonds. The molecule has 0 bridgehead atoms. The van der Waals surface area contributed by atoms with Gasteiger partial charge in [0.1, 0.15) is 11.3 Å². The van der Waals surface area contributed by atoms with Gasteiger partial charge in [-0.15, -0.1) is 0 Å². The molecular weight excluding hydrogens is 503 g/mol. The molecular formula is C26H29Cl2N4O4+. The maximum atomic E-state index is 13.2. The first kappa shape index (κ1) is 25.9. The van der Waals surface area contributed by atoms with E-state index < -0.39 is 5.54 Å². The van der Waals surface area contributed by atoms with Crippen LogP contribution in [0.4, 0.5) is 16.2 Å². The van der Waals surface area contributed by atoms with Crippen LogP contribution in [-0.4, -0.2) is 47.8 Å². The van der Waals surface area contributed by atoms with Crippen LogP contribution in [0.3, 0.4) is 0 Å². The third-order valence-corrected chi connectivity index (χ3v) is 7.11. The number of aromatic nitrogens is 1. The average molecular weight is 532 g/mol. The van der Waals surface area contributed by atoms with Crippen molar-refractivity contribution < 1.29 is 24.3 Å². The zero-order chi connectivity index (χ0) is 26.0. The molecule has 1 aromatic carbocycles. The number of rotatable bonds is 8. The van der Waals surface area contributed by atoms with Gasteiger partial charge in [-0.05, 0) is 62.1 Å². The normalized spacial score (nSPS) is 17.5. The number of hydrogen-bond donors (Lipinski definition) is 2. The first-order valence-electron chi connectivity index (χ1n) is 11.7. The van der Waals surface area contributed by atoms with Crippen LogP contribution in [0.2, 0.25) is 5.02 Å². The molecule has 2 aromatic rings. The van der Waals surface area contributed by atoms with Crippen molar-refractivity contribution in [2.45, 2.75) is 38.6 Å². The van der Waals surface area contributed by atoms with Crippen molar-refractivity contribution in [2.24, 2.45) is 0 Å². The summed E-state index contributed by atoms with van der Waals surface area (Å²) in [6.45, 7) is 4.20. The van der Waals surface area contributed by atoms with E-state index in [1.54, 1.807) is 56.4 Å². The highest BCUT2D eigenvalue weighted by Gasteiger charge is 2.51. The van der Waals surface area contributed by atoms with Crippen LogP contribution in [0.1, 0.15) is 38.7 Å². The van der Waals surface area contributed by atoms with E-state index in [9.17, 15) is 14.8 Å². The highest BCUT2D eigenvalue weighted by atomic mass is 35.5. The average Bonchev–Trinajstić information content (AvgIpc) is 3.01. The Kier molecular flexibility index (Phi) is 7.47. The number of ether oxygens (including phenoxy) is 1. The van der Waals surface area contributed by atoms with Gasteiger partial charge in [-0.3, -0.25) is 10.0 Å². The van der Waals surface area contributed by atoms with Crippen LogP contribution in [0, 0.1) is 0 Å². The van der Waals surface area contributed by atoms with Crippen molar-refractivity contribution in [3.05, 3.63) is 70.2 Å². The standard InChI is InChI=1S/C26H29Cl2N4O4/c1-26(2)24(33)32(19-6-7-22(29-3)20(27)16-19)25(34)31(26)11-4-14-36-23-8-5-18(15-21(23)28)17-9-12-30(35)13-10-17/h6-7,9-10,12-13,15-16,29,35H,4-5,8,11,14H2,1-3H3/q+1. The quantitative estimate of drug-likeness (QED) is 0.212. The Hall–Kier alpha value is -3.23. The lowest BCUT2D eigenvalue weighted by Gasteiger charge is -2.27. The fraction of sp³-hybridized carbons (Fsp3) is 0.346. The van der Waals surface area contributed by atoms with Crippen LogP contribution in [0.5, 0.6) is 0 Å². The van der Waals surface area contributed by atoms with Gasteiger partial charge in [0, 0.05) is 36.9 Å². The topological polar surface area (TPSA) is 86.0 Å². The first-order valence-corrected chi connectivity index (χ1v) is 12.5. The van der Waals surface area contributed by atoms with E-state index in [1.165, 1.54) is 4.90 Å². The minimum Gasteiger partial charge on any atom is -0.496 e. The van der Waals surface area contributed by atoms with Crippen LogP contribution >= 0.6 is 23.2 Å². The molecule has 190 valence electrons. The summed E-state index contributed by atoms with van der Waals surface area (Å²) in [5.41, 5.74) is 2.22. The van der Waals surface area contributed by atoms with Gasteiger partial charge in [0.2, 0.25) is 12.4 Å². The highest BCUT2D eigenvalue weighted by Crippen LogP contribution is 2.36. The molecule has 0 atom stereocenters. The van der Waals surface area contributed by atoms with Crippen LogP contribution in [0.15, 0.2) is 59.6 Å². The van der Waals surface area contributed by atoms with Crippen molar-refractivity contribution in [3.63, 3.8) is 0 Å². The zero-order valence-electron chi connectivity index (χ0n) is 20.4. The number of halogens is 2. The Morgan fingerprint density at radius 2 is 1.86 bits per heavy atom. The molecule has 0 spiro atoms. The molecule has 4 rings (SSSR count). The van der Waals surface area contributed by atoms with Crippen molar-refractivity contribution in [1.82, 2.24) is 4.90 Å². The predicted molar refractivity (Wildman–Crippen MR) is 139 cm³/mol. The summed E-state index contributed by atoms with van der Waals surface area (Å²) in [5, 5.41) is 13.3. The molecule has 1 fully saturated rings. The minimum absolute atomic E-state index is 0.301. The molecule has 0 saturated carbocycles. The van der Waals surface area contributed by atoms with E-state index in [2.05, 4.69) is 5.32 Å². The van der Waals surface area contributed by atoms with Crippen molar-refractivity contribution in [3.8, 4) is 0 Å². The number of hydrogen-bond acceptors (Lipinski definition) is 5. The van der Waals surface area contributed by atoms with E-state index in [4.69, 9.17) is 27.9 Å². The number of anilines is 2. The van der Waals surface area contributed by atoms with Crippen LogP contribution in [0.25, 0.3) is 5.57 Å². The Labute approximate surface area is 220 Å². The van der Waals surface area contributed by atoms with E-state index in [0.717, 1.165) is 22.3 Å². The smallest absolute Gasteiger partial charge is 0.332 e. The van der Waals surface area contributed by atoms with Gasteiger partial charge in [0.05, 0.1) is 28.0 Å². The predicted octanol–water partition coefficient (Wildman–Crippen LogP) is 5.19. The van der Waals surface area contributed by atoms with E-state index >= 15 is 0 Å². The number of allylic oxidation sites excluding steroid dienone is 4. The Bertz CT molecular complexity index is 1240. The maximum Gasteiger partial charge on any atom is 0.332 e. The van der Waals surface area contributed by atoms with Gasteiger partial charge in [-0.2, -0.15) is 0 Å². The van der Waals surface area contributed by atoms with Gasteiger partial charge < -0.3 is 15.0 Å². The van der Waals surface area contributed by atoms with Crippen LogP contribution < -0.4 is 14.9 Å². The lowest BCUT2D eigenvalue weighted by molar-refractivity contribution is -0.904. The number of nitrogens with zero attached hydrogens (tertiary/aromatic N) is 3. The number of carbonyl (C=O) groups excluding carboxylic acids is 2. The number of urea groups is 1. The number of carbonyl (C=O) groups is 2. The molecule has 1 aromatic heterocycles. The van der Waals surface area contributed by atoms with Crippen molar-refractivity contribution >= 4 is 52.1 Å². The number of pyridine rings is 1. The molecule has 1 aliphatic heterocycles. The summed E-state index contributed by atoms with van der Waals surface area (Å²) < 4.78 is 6.93. The summed E-state index contributed by atoms with van der Waals surface area (Å²) in [6.07, 6.45) is 6.97. The molecule has 10 heteroatoms. The maximum absolute atomic E-state index is 13.2. The van der Waals surface area contributed by atoms with Crippen LogP contribution in [-0.2, 0) is 9.53 Å². The third kappa shape index (κ3) is 5.01. The largest absolute Gasteiger partial charge is 0.496 e. The monoisotopic (exact) mass is 531 g/mol. The number of amides is 3. The lowest BCUT2D eigenvalue weighted by Crippen LogP contribution is -2.44. The summed E-state index contributed by atoms with van der Waals surface area (Å²) in [7, 11) is 1.75. The molecule has 1 aliphatic carbocycles. The second-order valence-corrected chi connectivity index (χ2v) is 9.97. The fourth-order valence-electron chi connectivity index (χ4n) is 4.38. The molecule has 36 heavy (non-hydrogen) atoms. The van der Waals surface area contributed by atoms with E-state index in [1.807, 2.05) is 18.2 Å². The summed E-state index contributed by atoms with van der Waals surface area (Å²) in [5.74, 6) is 0.405. The number of benzene rings is 1. The van der Waals surface area contributed by atoms with Crippen molar-refractivity contribution in [2.75, 3.05) is 30.4 Å². The van der Waals surface area contributed by atoms with E-state index in [0.29, 0.717) is 53.2 Å². The Morgan fingerprint density at radius 1 is 1.14 bits per heavy atom. The Morgan fingerprint density at radius 3 is 2.50 bits per heavy atom. The molecule has 2 heterocycles. The van der Waals surface area contributed by atoms with E-state index in [-0.39, 0.29) is 11.9 Å². The molecule has 2 N–H and O–H groups in total. The molecule has 1 saturated heterocycles. The second kappa shape index (κ2) is 10.4. The fourth-order valence-corrected chi connectivity index (χ4v) is 4.93. The van der Waals surface area contributed by atoms with Gasteiger partial charge in [0.15, 0.2) is 0 Å². The molecule has 2 aliphatic rings. The second-order valence-electron chi connectivity index (χ2n) is 9.16. The third-order valence-electron chi connectivity index (χ3n) is 6.48.